The van der Waals surface area contributed by atoms with E-state index in [-0.39, 0.29) is 11.9 Å². The van der Waals surface area contributed by atoms with E-state index in [2.05, 4.69) is 16.7 Å². The SMILES string of the molecule is CS(=O)(=O)C(N)c1cccc(-c2ccc(C[C@@H](C#N)NC(=O)[C@@H]3CCCCN3)cc2)c1. The molecule has 1 aliphatic rings. The van der Waals surface area contributed by atoms with Crippen LogP contribution < -0.4 is 16.4 Å². The predicted molar refractivity (Wildman–Crippen MR) is 121 cm³/mol. The third kappa shape index (κ3) is 6.14. The molecule has 0 bridgehead atoms. The topological polar surface area (TPSA) is 125 Å². The second-order valence-corrected chi connectivity index (χ2v) is 10.1. The molecule has 2 aromatic rings. The van der Waals surface area contributed by atoms with E-state index < -0.39 is 21.3 Å². The minimum absolute atomic E-state index is 0.123. The van der Waals surface area contributed by atoms with Crippen molar-refractivity contribution in [2.45, 2.75) is 43.1 Å². The maximum Gasteiger partial charge on any atom is 0.238 e. The van der Waals surface area contributed by atoms with Crippen LogP contribution in [0.3, 0.4) is 0 Å². The number of rotatable bonds is 7. The van der Waals surface area contributed by atoms with Gasteiger partial charge in [-0.05, 0) is 47.7 Å². The van der Waals surface area contributed by atoms with Crippen LogP contribution >= 0.6 is 0 Å². The van der Waals surface area contributed by atoms with Gasteiger partial charge in [-0.1, -0.05) is 48.9 Å². The number of nitrogens with one attached hydrogen (secondary N) is 2. The molecule has 7 nitrogen and oxygen atoms in total. The zero-order chi connectivity index (χ0) is 22.4. The number of nitrogens with two attached hydrogens (primary N) is 1. The van der Waals surface area contributed by atoms with Crippen LogP contribution in [0.25, 0.3) is 11.1 Å². The maximum atomic E-state index is 12.4. The first-order chi connectivity index (χ1) is 14.8. The van der Waals surface area contributed by atoms with E-state index >= 15 is 0 Å². The molecule has 31 heavy (non-hydrogen) atoms. The molecule has 3 rings (SSSR count). The van der Waals surface area contributed by atoms with Crippen LogP contribution in [-0.4, -0.2) is 39.2 Å². The summed E-state index contributed by atoms with van der Waals surface area (Å²) in [5.74, 6) is -0.123. The summed E-state index contributed by atoms with van der Waals surface area (Å²) in [7, 11) is -3.39. The number of amides is 1. The Morgan fingerprint density at radius 1 is 1.23 bits per heavy atom. The number of hydrogen-bond acceptors (Lipinski definition) is 6. The summed E-state index contributed by atoms with van der Waals surface area (Å²) in [6, 6.07) is 16.1. The summed E-state index contributed by atoms with van der Waals surface area (Å²) in [5, 5.41) is 14.4. The van der Waals surface area contributed by atoms with E-state index in [0.717, 1.165) is 48.8 Å². The first-order valence-electron chi connectivity index (χ1n) is 10.3. The molecule has 4 N–H and O–H groups in total. The Hall–Kier alpha value is -2.73. The van der Waals surface area contributed by atoms with E-state index in [1.807, 2.05) is 30.3 Å². The lowest BCUT2D eigenvalue weighted by molar-refractivity contribution is -0.124. The summed E-state index contributed by atoms with van der Waals surface area (Å²) in [5.41, 5.74) is 9.08. The van der Waals surface area contributed by atoms with Gasteiger partial charge >= 0.3 is 0 Å². The average Bonchev–Trinajstić information content (AvgIpc) is 2.78. The van der Waals surface area contributed by atoms with Crippen molar-refractivity contribution in [2.24, 2.45) is 5.73 Å². The average molecular weight is 441 g/mol. The molecule has 2 aromatic carbocycles. The Morgan fingerprint density at radius 3 is 2.58 bits per heavy atom. The number of hydrogen-bond donors (Lipinski definition) is 3. The summed E-state index contributed by atoms with van der Waals surface area (Å²) in [6.07, 6.45) is 4.41. The number of piperidine rings is 1. The molecule has 0 spiro atoms. The van der Waals surface area contributed by atoms with Gasteiger partial charge < -0.3 is 16.4 Å². The van der Waals surface area contributed by atoms with Crippen molar-refractivity contribution in [3.8, 4) is 17.2 Å². The minimum atomic E-state index is -3.39. The number of nitriles is 1. The molecule has 0 radical (unpaired) electrons. The molecule has 0 aliphatic carbocycles. The summed E-state index contributed by atoms with van der Waals surface area (Å²) < 4.78 is 23.5. The Kier molecular flexibility index (Phi) is 7.44. The fourth-order valence-corrected chi connectivity index (χ4v) is 4.33. The minimum Gasteiger partial charge on any atom is -0.339 e. The molecule has 164 valence electrons. The maximum absolute atomic E-state index is 12.4. The monoisotopic (exact) mass is 440 g/mol. The van der Waals surface area contributed by atoms with Crippen molar-refractivity contribution in [3.05, 3.63) is 59.7 Å². The quantitative estimate of drug-likeness (QED) is 0.605. The lowest BCUT2D eigenvalue weighted by atomic mass is 9.99. The highest BCUT2D eigenvalue weighted by Crippen LogP contribution is 2.25. The molecule has 3 atom stereocenters. The van der Waals surface area contributed by atoms with Gasteiger partial charge in [-0.15, -0.1) is 0 Å². The van der Waals surface area contributed by atoms with Crippen LogP contribution in [0.4, 0.5) is 0 Å². The van der Waals surface area contributed by atoms with Crippen LogP contribution in [0.2, 0.25) is 0 Å². The Bertz CT molecular complexity index is 1050. The highest BCUT2D eigenvalue weighted by Gasteiger charge is 2.23. The van der Waals surface area contributed by atoms with Crippen molar-refractivity contribution < 1.29 is 13.2 Å². The third-order valence-corrected chi connectivity index (χ3v) is 6.70. The molecule has 1 heterocycles. The molecule has 1 fully saturated rings. The van der Waals surface area contributed by atoms with Gasteiger partial charge in [0.05, 0.1) is 12.1 Å². The van der Waals surface area contributed by atoms with Crippen molar-refractivity contribution >= 4 is 15.7 Å². The number of carbonyl (C=O) groups is 1. The van der Waals surface area contributed by atoms with Crippen molar-refractivity contribution in [1.82, 2.24) is 10.6 Å². The molecular weight excluding hydrogens is 412 g/mol. The number of carbonyl (C=O) groups excluding carboxylic acids is 1. The molecule has 1 unspecified atom stereocenters. The van der Waals surface area contributed by atoms with Gasteiger partial charge in [0.15, 0.2) is 9.84 Å². The lowest BCUT2D eigenvalue weighted by Gasteiger charge is -2.23. The molecular formula is C23H28N4O3S. The molecule has 1 aliphatic heterocycles. The smallest absolute Gasteiger partial charge is 0.238 e. The fraction of sp³-hybridized carbons (Fsp3) is 0.391. The van der Waals surface area contributed by atoms with E-state index in [0.29, 0.717) is 12.0 Å². The van der Waals surface area contributed by atoms with E-state index in [1.54, 1.807) is 18.2 Å². The highest BCUT2D eigenvalue weighted by atomic mass is 32.2. The Labute approximate surface area is 183 Å². The summed E-state index contributed by atoms with van der Waals surface area (Å²) >= 11 is 0. The van der Waals surface area contributed by atoms with Crippen molar-refractivity contribution in [3.63, 3.8) is 0 Å². The van der Waals surface area contributed by atoms with Gasteiger partial charge in [-0.2, -0.15) is 5.26 Å². The Balaban J connectivity index is 1.67. The van der Waals surface area contributed by atoms with Gasteiger partial charge in [0, 0.05) is 12.7 Å². The highest BCUT2D eigenvalue weighted by molar-refractivity contribution is 7.90. The molecule has 8 heteroatoms. The van der Waals surface area contributed by atoms with E-state index in [4.69, 9.17) is 5.73 Å². The normalized spacial score (nSPS) is 18.5. The van der Waals surface area contributed by atoms with Crippen molar-refractivity contribution in [2.75, 3.05) is 12.8 Å². The van der Waals surface area contributed by atoms with Crippen LogP contribution in [0.5, 0.6) is 0 Å². The zero-order valence-electron chi connectivity index (χ0n) is 17.5. The van der Waals surface area contributed by atoms with Gasteiger partial charge in [0.1, 0.15) is 11.4 Å². The van der Waals surface area contributed by atoms with Gasteiger partial charge in [0.25, 0.3) is 0 Å². The van der Waals surface area contributed by atoms with Gasteiger partial charge in [0.2, 0.25) is 5.91 Å². The van der Waals surface area contributed by atoms with Crippen LogP contribution in [0.15, 0.2) is 48.5 Å². The van der Waals surface area contributed by atoms with E-state index in [1.165, 1.54) is 0 Å². The number of nitrogens with zero attached hydrogens (tertiary/aromatic N) is 1. The first-order valence-corrected chi connectivity index (χ1v) is 12.3. The van der Waals surface area contributed by atoms with E-state index in [9.17, 15) is 18.5 Å². The number of sulfone groups is 1. The standard InChI is InChI=1S/C23H28N4O3S/c1-31(29,30)22(25)19-6-4-5-18(14-19)17-10-8-16(9-11-17)13-20(15-24)27-23(28)21-7-2-3-12-26-21/h4-6,8-11,14,20-22,26H,2-3,7,12-13,25H2,1H3,(H,27,28)/t20-,21-,22?/m0/s1. The van der Waals surface area contributed by atoms with Crippen molar-refractivity contribution in [1.29, 1.82) is 5.26 Å². The fourth-order valence-electron chi connectivity index (χ4n) is 3.69. The van der Waals surface area contributed by atoms with Crippen LogP contribution in [0.1, 0.15) is 35.8 Å². The second-order valence-electron chi connectivity index (χ2n) is 7.97. The van der Waals surface area contributed by atoms with Crippen LogP contribution in [-0.2, 0) is 21.1 Å². The van der Waals surface area contributed by atoms with Gasteiger partial charge in [-0.25, -0.2) is 8.42 Å². The molecule has 0 saturated carbocycles. The molecule has 1 saturated heterocycles. The lowest BCUT2D eigenvalue weighted by Crippen LogP contribution is -2.49. The zero-order valence-corrected chi connectivity index (χ0v) is 18.4. The third-order valence-electron chi connectivity index (χ3n) is 5.50. The largest absolute Gasteiger partial charge is 0.339 e. The molecule has 1 amide bonds. The second kappa shape index (κ2) is 10.1. The number of benzene rings is 2. The van der Waals surface area contributed by atoms with Gasteiger partial charge in [-0.3, -0.25) is 4.79 Å². The van der Waals surface area contributed by atoms with Crippen LogP contribution in [0, 0.1) is 11.3 Å². The molecule has 0 aromatic heterocycles. The summed E-state index contributed by atoms with van der Waals surface area (Å²) in [6.45, 7) is 0.826. The first kappa shape index (κ1) is 22.9. The summed E-state index contributed by atoms with van der Waals surface area (Å²) in [4.78, 5) is 12.4. The predicted octanol–water partition coefficient (Wildman–Crippen LogP) is 2.05. The Morgan fingerprint density at radius 2 is 1.97 bits per heavy atom.